The Morgan fingerprint density at radius 3 is 2.51 bits per heavy atom. The van der Waals surface area contributed by atoms with Crippen LogP contribution in [0.1, 0.15) is 63.8 Å². The average Bonchev–Trinajstić information content (AvgIpc) is 3.17. The molecule has 11 heteroatoms. The molecule has 1 amide bonds. The van der Waals surface area contributed by atoms with Crippen LogP contribution in [0, 0.1) is 17.0 Å². The summed E-state index contributed by atoms with van der Waals surface area (Å²) in [7, 11) is 0. The number of nitrogens with zero attached hydrogens (tertiary/aromatic N) is 4. The summed E-state index contributed by atoms with van der Waals surface area (Å²) in [6.45, 7) is 6.86. The first-order chi connectivity index (χ1) is 16.8. The first-order valence-corrected chi connectivity index (χ1v) is 12.0. The number of non-ortho nitro benzene ring substituents is 1. The summed E-state index contributed by atoms with van der Waals surface area (Å²) in [4.78, 5) is 55.5. The minimum atomic E-state index is -0.511. The van der Waals surface area contributed by atoms with Gasteiger partial charge in [0.1, 0.15) is 5.82 Å². The number of hydrogen-bond acceptors (Lipinski definition) is 6. The van der Waals surface area contributed by atoms with Gasteiger partial charge in [-0.25, -0.2) is 9.78 Å². The van der Waals surface area contributed by atoms with Gasteiger partial charge in [0.15, 0.2) is 11.2 Å². The van der Waals surface area contributed by atoms with Gasteiger partial charge in [-0.1, -0.05) is 39.2 Å². The minimum Gasteiger partial charge on any atom is -0.326 e. The third kappa shape index (κ3) is 6.03. The van der Waals surface area contributed by atoms with Crippen LogP contribution in [0.15, 0.2) is 27.8 Å². The van der Waals surface area contributed by atoms with E-state index in [4.69, 9.17) is 0 Å². The fraction of sp³-hybridized carbons (Fsp3) is 0.500. The highest BCUT2D eigenvalue weighted by Crippen LogP contribution is 2.22. The van der Waals surface area contributed by atoms with E-state index >= 15 is 0 Å². The number of nitro groups is 1. The van der Waals surface area contributed by atoms with Crippen LogP contribution in [0.2, 0.25) is 0 Å². The number of benzene rings is 1. The first-order valence-electron chi connectivity index (χ1n) is 12.0. The topological polar surface area (TPSA) is 145 Å². The molecular formula is C24H32N6O5. The number of amides is 1. The van der Waals surface area contributed by atoms with Gasteiger partial charge < -0.3 is 9.88 Å². The monoisotopic (exact) mass is 484 g/mol. The molecule has 2 N–H and O–H groups in total. The summed E-state index contributed by atoms with van der Waals surface area (Å²) < 4.78 is 3.31. The van der Waals surface area contributed by atoms with Gasteiger partial charge in [0.25, 0.3) is 11.2 Å². The molecule has 0 atom stereocenters. The van der Waals surface area contributed by atoms with Crippen molar-refractivity contribution in [3.63, 3.8) is 0 Å². The number of fused-ring (bicyclic) bond motifs is 1. The smallest absolute Gasteiger partial charge is 0.326 e. The van der Waals surface area contributed by atoms with Crippen LogP contribution in [-0.4, -0.2) is 29.9 Å². The number of aryl methyl sites for hydroxylation is 4. The normalized spacial score (nSPS) is 11.2. The molecule has 3 rings (SSSR count). The summed E-state index contributed by atoms with van der Waals surface area (Å²) in [5.41, 5.74) is 0.709. The van der Waals surface area contributed by atoms with Crippen LogP contribution in [0.4, 0.5) is 11.4 Å². The largest absolute Gasteiger partial charge is 0.330 e. The second kappa shape index (κ2) is 11.6. The van der Waals surface area contributed by atoms with Crippen LogP contribution in [0.5, 0.6) is 0 Å². The fourth-order valence-electron chi connectivity index (χ4n) is 3.99. The molecule has 0 bridgehead atoms. The predicted molar refractivity (Wildman–Crippen MR) is 134 cm³/mol. The van der Waals surface area contributed by atoms with Crippen LogP contribution >= 0.6 is 0 Å². The van der Waals surface area contributed by atoms with Crippen molar-refractivity contribution in [2.45, 2.75) is 78.8 Å². The zero-order valence-corrected chi connectivity index (χ0v) is 20.4. The van der Waals surface area contributed by atoms with E-state index in [1.54, 1.807) is 13.0 Å². The van der Waals surface area contributed by atoms with E-state index in [2.05, 4.69) is 22.2 Å². The lowest BCUT2D eigenvalue weighted by Crippen LogP contribution is -2.31. The Hall–Kier alpha value is -3.76. The van der Waals surface area contributed by atoms with E-state index in [0.29, 0.717) is 41.3 Å². The predicted octanol–water partition coefficient (Wildman–Crippen LogP) is 3.66. The quantitative estimate of drug-likeness (QED) is 0.228. The van der Waals surface area contributed by atoms with Crippen molar-refractivity contribution in [2.75, 3.05) is 5.32 Å². The zero-order valence-electron chi connectivity index (χ0n) is 20.4. The van der Waals surface area contributed by atoms with Gasteiger partial charge >= 0.3 is 5.69 Å². The Morgan fingerprint density at radius 1 is 1.11 bits per heavy atom. The molecule has 1 aromatic carbocycles. The molecule has 0 radical (unpaired) electrons. The number of hydrogen-bond donors (Lipinski definition) is 2. The molecule has 2 aromatic heterocycles. The lowest BCUT2D eigenvalue weighted by atomic mass is 10.1. The van der Waals surface area contributed by atoms with Gasteiger partial charge in [0, 0.05) is 38.1 Å². The lowest BCUT2D eigenvalue weighted by Gasteiger charge is -2.10. The summed E-state index contributed by atoms with van der Waals surface area (Å²) in [5, 5.41) is 13.8. The molecule has 0 saturated heterocycles. The van der Waals surface area contributed by atoms with Crippen LogP contribution in [0.25, 0.3) is 11.2 Å². The molecular weight excluding hydrogens is 452 g/mol. The number of carbonyl (C=O) groups excluding carboxylic acids is 1. The third-order valence-corrected chi connectivity index (χ3v) is 5.97. The van der Waals surface area contributed by atoms with Gasteiger partial charge in [0.2, 0.25) is 5.91 Å². The number of rotatable bonds is 12. The van der Waals surface area contributed by atoms with Crippen molar-refractivity contribution in [1.82, 2.24) is 19.1 Å². The molecule has 35 heavy (non-hydrogen) atoms. The second-order valence-corrected chi connectivity index (χ2v) is 8.63. The fourth-order valence-corrected chi connectivity index (χ4v) is 3.99. The minimum absolute atomic E-state index is 0.0658. The molecule has 0 unspecified atom stereocenters. The first kappa shape index (κ1) is 25.9. The molecule has 3 aromatic rings. The highest BCUT2D eigenvalue weighted by Gasteiger charge is 2.19. The maximum Gasteiger partial charge on any atom is 0.330 e. The van der Waals surface area contributed by atoms with Crippen LogP contribution < -0.4 is 16.6 Å². The summed E-state index contributed by atoms with van der Waals surface area (Å²) >= 11 is 0. The zero-order chi connectivity index (χ0) is 25.5. The Balaban J connectivity index is 1.90. The standard InChI is InChI=1S/C24H32N6O5/c1-4-6-8-14-28-19(26-22-21(28)23(32)27-24(33)29(22)13-7-5-2)11-12-20(31)25-18-15-17(30(34)35)10-9-16(18)3/h9-10,15H,4-8,11-14H2,1-3H3,(H,25,31)(H,27,32,33). The van der Waals surface area contributed by atoms with Gasteiger partial charge in [-0.15, -0.1) is 0 Å². The number of carbonyl (C=O) groups is 1. The number of nitro benzene ring substituents is 1. The third-order valence-electron chi connectivity index (χ3n) is 5.97. The summed E-state index contributed by atoms with van der Waals surface area (Å²) in [5.74, 6) is 0.237. The Morgan fingerprint density at radius 2 is 1.83 bits per heavy atom. The van der Waals surface area contributed by atoms with E-state index in [-0.39, 0.29) is 24.4 Å². The maximum absolute atomic E-state index is 12.7. The van der Waals surface area contributed by atoms with E-state index in [1.165, 1.54) is 16.7 Å². The van der Waals surface area contributed by atoms with E-state index < -0.39 is 16.2 Å². The van der Waals surface area contributed by atoms with E-state index in [1.807, 2.05) is 11.5 Å². The Bertz CT molecular complexity index is 1340. The van der Waals surface area contributed by atoms with E-state index in [9.17, 15) is 24.5 Å². The second-order valence-electron chi connectivity index (χ2n) is 8.63. The number of H-pyrrole nitrogens is 1. The number of nitrogens with one attached hydrogen (secondary N) is 2. The van der Waals surface area contributed by atoms with Crippen LogP contribution in [-0.2, 0) is 24.3 Å². The lowest BCUT2D eigenvalue weighted by molar-refractivity contribution is -0.384. The van der Waals surface area contributed by atoms with Gasteiger partial charge in [-0.3, -0.25) is 29.3 Å². The van der Waals surface area contributed by atoms with Crippen molar-refractivity contribution >= 4 is 28.4 Å². The molecule has 11 nitrogen and oxygen atoms in total. The van der Waals surface area contributed by atoms with Crippen molar-refractivity contribution < 1.29 is 9.72 Å². The number of imidazole rings is 1. The van der Waals surface area contributed by atoms with Gasteiger partial charge in [-0.2, -0.15) is 0 Å². The Labute approximate surface area is 202 Å². The van der Waals surface area contributed by atoms with Crippen molar-refractivity contribution in [3.05, 3.63) is 60.5 Å². The number of unbranched alkanes of at least 4 members (excludes halogenated alkanes) is 3. The average molecular weight is 485 g/mol. The number of anilines is 1. The maximum atomic E-state index is 12.7. The molecule has 2 heterocycles. The van der Waals surface area contributed by atoms with Crippen molar-refractivity contribution in [2.24, 2.45) is 0 Å². The van der Waals surface area contributed by atoms with Crippen molar-refractivity contribution in [3.8, 4) is 0 Å². The van der Waals surface area contributed by atoms with Gasteiger partial charge in [0.05, 0.1) is 10.6 Å². The number of aromatic nitrogens is 4. The number of aromatic amines is 1. The Kier molecular flexibility index (Phi) is 8.56. The summed E-state index contributed by atoms with van der Waals surface area (Å²) in [6.07, 6.45) is 4.78. The molecule has 0 aliphatic heterocycles. The molecule has 0 saturated carbocycles. The molecule has 0 aliphatic rings. The van der Waals surface area contributed by atoms with Gasteiger partial charge in [-0.05, 0) is 25.3 Å². The molecule has 0 fully saturated rings. The van der Waals surface area contributed by atoms with Crippen LogP contribution in [0.3, 0.4) is 0 Å². The molecule has 0 spiro atoms. The SMILES string of the molecule is CCCCCn1c(CCC(=O)Nc2cc([N+](=O)[O-])ccc2C)nc2c1c(=O)[nH]c(=O)n2CCCC. The van der Waals surface area contributed by atoms with Crippen molar-refractivity contribution in [1.29, 1.82) is 0 Å². The van der Waals surface area contributed by atoms with E-state index in [0.717, 1.165) is 32.1 Å². The highest BCUT2D eigenvalue weighted by molar-refractivity contribution is 5.92. The highest BCUT2D eigenvalue weighted by atomic mass is 16.6. The molecule has 188 valence electrons. The molecule has 0 aliphatic carbocycles. The summed E-state index contributed by atoms with van der Waals surface area (Å²) in [6, 6.07) is 4.31.